The number of nitrogens with zero attached hydrogens (tertiary/aromatic N) is 2. The fourth-order valence-corrected chi connectivity index (χ4v) is 2.19. The molecule has 0 aliphatic rings. The molecule has 6 heteroatoms. The molecule has 0 atom stereocenters. The van der Waals surface area contributed by atoms with E-state index in [0.717, 1.165) is 11.6 Å². The summed E-state index contributed by atoms with van der Waals surface area (Å²) in [5, 5.41) is 2.89. The van der Waals surface area contributed by atoms with Crippen LogP contribution in [0.15, 0.2) is 54.6 Å². The number of halogens is 2. The minimum atomic E-state index is -0.679. The van der Waals surface area contributed by atoms with Crippen LogP contribution in [0.4, 0.5) is 14.6 Å². The number of hydrogen-bond acceptors (Lipinski definition) is 4. The van der Waals surface area contributed by atoms with Gasteiger partial charge in [-0.1, -0.05) is 30.3 Å². The quantitative estimate of drug-likeness (QED) is 0.725. The third kappa shape index (κ3) is 3.32. The van der Waals surface area contributed by atoms with E-state index in [1.165, 1.54) is 12.1 Å². The lowest BCUT2D eigenvalue weighted by Gasteiger charge is -2.10. The van der Waals surface area contributed by atoms with E-state index in [2.05, 4.69) is 15.3 Å². The summed E-state index contributed by atoms with van der Waals surface area (Å²) in [6.07, 6.45) is 0. The van der Waals surface area contributed by atoms with Crippen molar-refractivity contribution in [1.29, 1.82) is 0 Å². The SMILES string of the molecule is NCNc1cc(-c2ccc(F)cc2F)nc(-c2ccccc2)n1. The third-order valence-electron chi connectivity index (χ3n) is 3.25. The van der Waals surface area contributed by atoms with Gasteiger partial charge in [0.15, 0.2) is 5.82 Å². The normalized spacial score (nSPS) is 10.6. The summed E-state index contributed by atoms with van der Waals surface area (Å²) >= 11 is 0. The zero-order chi connectivity index (χ0) is 16.2. The minimum Gasteiger partial charge on any atom is -0.358 e. The maximum absolute atomic E-state index is 14.0. The van der Waals surface area contributed by atoms with E-state index >= 15 is 0 Å². The van der Waals surface area contributed by atoms with Crippen molar-refractivity contribution in [3.63, 3.8) is 0 Å². The highest BCUT2D eigenvalue weighted by Gasteiger charge is 2.12. The first kappa shape index (κ1) is 15.1. The standard InChI is InChI=1S/C17H14F2N4/c18-12-6-7-13(14(19)8-12)15-9-16(21-10-20)23-17(22-15)11-4-2-1-3-5-11/h1-9H,10,20H2,(H,21,22,23). The Balaban J connectivity index is 2.14. The van der Waals surface area contributed by atoms with E-state index in [-0.39, 0.29) is 12.2 Å². The summed E-state index contributed by atoms with van der Waals surface area (Å²) in [5.41, 5.74) is 6.84. The first-order chi connectivity index (χ1) is 11.2. The van der Waals surface area contributed by atoms with Crippen molar-refractivity contribution < 1.29 is 8.78 Å². The molecule has 0 aliphatic heterocycles. The summed E-state index contributed by atoms with van der Waals surface area (Å²) < 4.78 is 27.1. The molecule has 0 amide bonds. The molecule has 0 bridgehead atoms. The van der Waals surface area contributed by atoms with Crippen molar-refractivity contribution in [1.82, 2.24) is 9.97 Å². The number of hydrogen-bond donors (Lipinski definition) is 2. The molecule has 0 saturated carbocycles. The molecule has 4 nitrogen and oxygen atoms in total. The van der Waals surface area contributed by atoms with Crippen molar-refractivity contribution in [2.75, 3.05) is 12.0 Å². The van der Waals surface area contributed by atoms with Gasteiger partial charge in [-0.3, -0.25) is 0 Å². The monoisotopic (exact) mass is 312 g/mol. The lowest BCUT2D eigenvalue weighted by atomic mass is 10.1. The van der Waals surface area contributed by atoms with Gasteiger partial charge in [0.1, 0.15) is 17.5 Å². The number of nitrogens with two attached hydrogens (primary N) is 1. The van der Waals surface area contributed by atoms with E-state index in [1.54, 1.807) is 6.07 Å². The number of benzene rings is 2. The molecule has 1 aromatic heterocycles. The van der Waals surface area contributed by atoms with Gasteiger partial charge < -0.3 is 11.1 Å². The second-order valence-corrected chi connectivity index (χ2v) is 4.83. The van der Waals surface area contributed by atoms with Gasteiger partial charge in [-0.15, -0.1) is 0 Å². The molecule has 0 aliphatic carbocycles. The van der Waals surface area contributed by atoms with Gasteiger partial charge >= 0.3 is 0 Å². The van der Waals surface area contributed by atoms with Crippen LogP contribution in [0.1, 0.15) is 0 Å². The van der Waals surface area contributed by atoms with Gasteiger partial charge in [0.25, 0.3) is 0 Å². The van der Waals surface area contributed by atoms with E-state index < -0.39 is 11.6 Å². The second-order valence-electron chi connectivity index (χ2n) is 4.83. The molecule has 2 aromatic carbocycles. The summed E-state index contributed by atoms with van der Waals surface area (Å²) in [6, 6.07) is 14.3. The first-order valence-electron chi connectivity index (χ1n) is 7.01. The lowest BCUT2D eigenvalue weighted by molar-refractivity contribution is 0.585. The zero-order valence-electron chi connectivity index (χ0n) is 12.1. The van der Waals surface area contributed by atoms with Gasteiger partial charge in [0.2, 0.25) is 0 Å². The summed E-state index contributed by atoms with van der Waals surface area (Å²) in [6.45, 7) is 0.177. The number of anilines is 1. The molecule has 0 spiro atoms. The highest BCUT2D eigenvalue weighted by atomic mass is 19.1. The topological polar surface area (TPSA) is 63.8 Å². The van der Waals surface area contributed by atoms with E-state index in [0.29, 0.717) is 17.3 Å². The fraction of sp³-hybridized carbons (Fsp3) is 0.0588. The number of aromatic nitrogens is 2. The molecule has 3 aromatic rings. The van der Waals surface area contributed by atoms with Crippen LogP contribution in [0.5, 0.6) is 0 Å². The molecule has 0 radical (unpaired) electrons. The molecule has 3 N–H and O–H groups in total. The Morgan fingerprint density at radius 3 is 2.43 bits per heavy atom. The molecule has 0 unspecified atom stereocenters. The van der Waals surface area contributed by atoms with E-state index in [4.69, 9.17) is 5.73 Å². The molecular weight excluding hydrogens is 298 g/mol. The Morgan fingerprint density at radius 1 is 0.957 bits per heavy atom. The van der Waals surface area contributed by atoms with Crippen LogP contribution in [0, 0.1) is 11.6 Å². The second kappa shape index (κ2) is 6.50. The zero-order valence-corrected chi connectivity index (χ0v) is 12.1. The number of nitrogens with one attached hydrogen (secondary N) is 1. The molecular formula is C17H14F2N4. The summed E-state index contributed by atoms with van der Waals surface area (Å²) in [5.74, 6) is -0.409. The Labute approximate surface area is 132 Å². The Kier molecular flexibility index (Phi) is 4.25. The third-order valence-corrected chi connectivity index (χ3v) is 3.25. The Morgan fingerprint density at radius 2 is 1.74 bits per heavy atom. The highest BCUT2D eigenvalue weighted by molar-refractivity contribution is 5.67. The maximum Gasteiger partial charge on any atom is 0.162 e. The maximum atomic E-state index is 14.0. The van der Waals surface area contributed by atoms with Gasteiger partial charge in [-0.05, 0) is 12.1 Å². The van der Waals surface area contributed by atoms with Crippen molar-refractivity contribution in [3.05, 3.63) is 66.2 Å². The largest absolute Gasteiger partial charge is 0.358 e. The number of rotatable bonds is 4. The predicted octanol–water partition coefficient (Wildman–Crippen LogP) is 3.42. The Hall–Kier alpha value is -2.86. The van der Waals surface area contributed by atoms with E-state index in [1.807, 2.05) is 30.3 Å². The van der Waals surface area contributed by atoms with Crippen LogP contribution in [0.2, 0.25) is 0 Å². The molecule has 0 saturated heterocycles. The molecule has 1 heterocycles. The van der Waals surface area contributed by atoms with Crippen molar-refractivity contribution in [2.45, 2.75) is 0 Å². The highest BCUT2D eigenvalue weighted by Crippen LogP contribution is 2.26. The summed E-state index contributed by atoms with van der Waals surface area (Å²) in [4.78, 5) is 8.76. The molecule has 116 valence electrons. The predicted molar refractivity (Wildman–Crippen MR) is 85.5 cm³/mol. The molecule has 3 rings (SSSR count). The van der Waals surface area contributed by atoms with Crippen molar-refractivity contribution >= 4 is 5.82 Å². The van der Waals surface area contributed by atoms with Gasteiger partial charge in [-0.2, -0.15) is 0 Å². The Bertz CT molecular complexity index is 822. The van der Waals surface area contributed by atoms with Crippen molar-refractivity contribution in [2.24, 2.45) is 5.73 Å². The molecule has 23 heavy (non-hydrogen) atoms. The average Bonchev–Trinajstić information content (AvgIpc) is 2.56. The van der Waals surface area contributed by atoms with Crippen LogP contribution >= 0.6 is 0 Å². The van der Waals surface area contributed by atoms with Gasteiger partial charge in [0, 0.05) is 23.3 Å². The summed E-state index contributed by atoms with van der Waals surface area (Å²) in [7, 11) is 0. The van der Waals surface area contributed by atoms with Crippen LogP contribution in [-0.4, -0.2) is 16.6 Å². The first-order valence-corrected chi connectivity index (χ1v) is 7.01. The van der Waals surface area contributed by atoms with Crippen molar-refractivity contribution in [3.8, 4) is 22.6 Å². The van der Waals surface area contributed by atoms with Gasteiger partial charge in [0.05, 0.1) is 12.4 Å². The van der Waals surface area contributed by atoms with Crippen LogP contribution in [0.3, 0.4) is 0 Å². The van der Waals surface area contributed by atoms with Crippen LogP contribution in [0.25, 0.3) is 22.6 Å². The van der Waals surface area contributed by atoms with Crippen LogP contribution < -0.4 is 11.1 Å². The lowest BCUT2D eigenvalue weighted by Crippen LogP contribution is -2.12. The van der Waals surface area contributed by atoms with E-state index in [9.17, 15) is 8.78 Å². The molecule has 0 fully saturated rings. The fourth-order valence-electron chi connectivity index (χ4n) is 2.19. The van der Waals surface area contributed by atoms with Crippen LogP contribution in [-0.2, 0) is 0 Å². The average molecular weight is 312 g/mol. The smallest absolute Gasteiger partial charge is 0.162 e. The minimum absolute atomic E-state index is 0.177. The van der Waals surface area contributed by atoms with Gasteiger partial charge in [-0.25, -0.2) is 18.7 Å².